The summed E-state index contributed by atoms with van der Waals surface area (Å²) in [6, 6.07) is 7.69. The highest BCUT2D eigenvalue weighted by Crippen LogP contribution is 2.26. The van der Waals surface area contributed by atoms with Crippen LogP contribution in [0.25, 0.3) is 0 Å². The number of ether oxygens (including phenoxy) is 2. The van der Waals surface area contributed by atoms with E-state index in [-0.39, 0.29) is 6.10 Å². The van der Waals surface area contributed by atoms with Crippen LogP contribution in [0, 0.1) is 0 Å². The first kappa shape index (κ1) is 23.1. The van der Waals surface area contributed by atoms with E-state index in [2.05, 4.69) is 34.6 Å². The van der Waals surface area contributed by atoms with Crippen molar-refractivity contribution in [1.82, 2.24) is 15.5 Å². The molecule has 0 heterocycles. The van der Waals surface area contributed by atoms with Gasteiger partial charge in [0.25, 0.3) is 0 Å². The minimum Gasteiger partial charge on any atom is -0.493 e. The molecule has 0 saturated heterocycles. The van der Waals surface area contributed by atoms with Gasteiger partial charge in [-0.2, -0.15) is 0 Å². The Balaban J connectivity index is 2.16. The lowest BCUT2D eigenvalue weighted by molar-refractivity contribution is 0.213. The minimum atomic E-state index is -0.00320. The molecule has 0 fully saturated rings. The van der Waals surface area contributed by atoms with Gasteiger partial charge in [-0.25, -0.2) is 0 Å². The van der Waals surface area contributed by atoms with Crippen molar-refractivity contribution in [2.24, 2.45) is 4.99 Å². The van der Waals surface area contributed by atoms with Crippen LogP contribution in [0.5, 0.6) is 11.5 Å². The Kier molecular flexibility index (Phi) is 12.1. The second-order valence-corrected chi connectivity index (χ2v) is 7.03. The molecule has 1 aromatic carbocycles. The summed E-state index contributed by atoms with van der Waals surface area (Å²) >= 11 is 0. The maximum Gasteiger partial charge on any atom is 0.191 e. The zero-order valence-electron chi connectivity index (χ0n) is 17.8. The van der Waals surface area contributed by atoms with Crippen molar-refractivity contribution in [3.8, 4) is 11.5 Å². The summed E-state index contributed by atoms with van der Waals surface area (Å²) in [7, 11) is 7.71. The quantitative estimate of drug-likeness (QED) is 0.314. The van der Waals surface area contributed by atoms with E-state index >= 15 is 0 Å². The molecule has 0 aliphatic carbocycles. The van der Waals surface area contributed by atoms with Gasteiger partial charge >= 0.3 is 0 Å². The first-order chi connectivity index (χ1) is 13.1. The van der Waals surface area contributed by atoms with Crippen molar-refractivity contribution >= 4 is 5.96 Å². The van der Waals surface area contributed by atoms with Gasteiger partial charge in [0.2, 0.25) is 0 Å². The number of hydrogen-bond acceptors (Lipinski definition) is 4. The van der Waals surface area contributed by atoms with Crippen LogP contribution >= 0.6 is 0 Å². The summed E-state index contributed by atoms with van der Waals surface area (Å²) in [5.41, 5.74) is 0. The zero-order valence-corrected chi connectivity index (χ0v) is 17.8. The van der Waals surface area contributed by atoms with Crippen LogP contribution in [0.2, 0.25) is 0 Å². The molecule has 1 atom stereocenters. The highest BCUT2D eigenvalue weighted by atomic mass is 16.5. The van der Waals surface area contributed by atoms with Gasteiger partial charge in [0.15, 0.2) is 17.5 Å². The molecule has 0 amide bonds. The van der Waals surface area contributed by atoms with Gasteiger partial charge in [-0.1, -0.05) is 31.4 Å². The molecular formula is C21H38N4O2. The fourth-order valence-electron chi connectivity index (χ4n) is 2.73. The normalized spacial score (nSPS) is 12.7. The third kappa shape index (κ3) is 10.7. The van der Waals surface area contributed by atoms with E-state index in [0.29, 0.717) is 6.54 Å². The molecule has 1 rings (SSSR count). The molecule has 27 heavy (non-hydrogen) atoms. The third-order valence-electron chi connectivity index (χ3n) is 4.25. The van der Waals surface area contributed by atoms with E-state index in [1.54, 1.807) is 14.2 Å². The van der Waals surface area contributed by atoms with Crippen LogP contribution in [0.4, 0.5) is 0 Å². The van der Waals surface area contributed by atoms with E-state index in [9.17, 15) is 0 Å². The van der Waals surface area contributed by atoms with Crippen molar-refractivity contribution in [1.29, 1.82) is 0 Å². The molecule has 6 heteroatoms. The Morgan fingerprint density at radius 1 is 1.04 bits per heavy atom. The molecule has 0 aliphatic heterocycles. The summed E-state index contributed by atoms with van der Waals surface area (Å²) in [5.74, 6) is 2.32. The Morgan fingerprint density at radius 3 is 2.37 bits per heavy atom. The molecule has 2 N–H and O–H groups in total. The van der Waals surface area contributed by atoms with Crippen LogP contribution in [-0.4, -0.2) is 64.9 Å². The fraction of sp³-hybridized carbons (Fsp3) is 0.667. The number of aliphatic imine (C=N–C) groups is 1. The second-order valence-electron chi connectivity index (χ2n) is 7.03. The van der Waals surface area contributed by atoms with Gasteiger partial charge in [-0.3, -0.25) is 4.99 Å². The summed E-state index contributed by atoms with van der Waals surface area (Å²) in [6.45, 7) is 4.82. The summed E-state index contributed by atoms with van der Waals surface area (Å²) in [5, 5.41) is 6.69. The van der Waals surface area contributed by atoms with Crippen molar-refractivity contribution in [3.63, 3.8) is 0 Å². The number of guanidine groups is 1. The SMILES string of the molecule is CN=C(NCCCCCCCN(C)C)NCC(C)Oc1ccccc1OC. The predicted molar refractivity (Wildman–Crippen MR) is 114 cm³/mol. The average molecular weight is 379 g/mol. The molecule has 0 aromatic heterocycles. The smallest absolute Gasteiger partial charge is 0.191 e. The molecule has 0 aliphatic rings. The van der Waals surface area contributed by atoms with Crippen molar-refractivity contribution < 1.29 is 9.47 Å². The molecule has 6 nitrogen and oxygen atoms in total. The first-order valence-electron chi connectivity index (χ1n) is 9.95. The molecule has 1 unspecified atom stereocenters. The number of methoxy groups -OCH3 is 1. The molecule has 0 radical (unpaired) electrons. The van der Waals surface area contributed by atoms with Gasteiger partial charge in [0.1, 0.15) is 6.10 Å². The highest BCUT2D eigenvalue weighted by molar-refractivity contribution is 5.79. The number of rotatable bonds is 13. The number of unbranched alkanes of at least 4 members (excludes halogenated alkanes) is 4. The first-order valence-corrected chi connectivity index (χ1v) is 9.95. The topological polar surface area (TPSA) is 58.1 Å². The Labute approximate surface area is 165 Å². The largest absolute Gasteiger partial charge is 0.493 e. The minimum absolute atomic E-state index is 0.00320. The molecule has 1 aromatic rings. The monoisotopic (exact) mass is 378 g/mol. The zero-order chi connectivity index (χ0) is 19.9. The maximum atomic E-state index is 5.95. The van der Waals surface area contributed by atoms with E-state index in [1.807, 2.05) is 31.2 Å². The van der Waals surface area contributed by atoms with Gasteiger partial charge in [0.05, 0.1) is 13.7 Å². The average Bonchev–Trinajstić information content (AvgIpc) is 2.66. The standard InChI is InChI=1S/C21H38N4O2/c1-18(27-20-14-10-9-13-19(20)26-5)17-24-21(22-2)23-15-11-7-6-8-12-16-25(3)4/h9-10,13-14,18H,6-8,11-12,15-17H2,1-5H3,(H2,22,23,24). The summed E-state index contributed by atoms with van der Waals surface area (Å²) in [6.07, 6.45) is 6.31. The van der Waals surface area contributed by atoms with Crippen molar-refractivity contribution in [2.75, 3.05) is 47.9 Å². The number of nitrogens with one attached hydrogen (secondary N) is 2. The Bertz CT molecular complexity index is 535. The molecular weight excluding hydrogens is 340 g/mol. The lowest BCUT2D eigenvalue weighted by atomic mass is 10.1. The van der Waals surface area contributed by atoms with Gasteiger partial charge in [-0.05, 0) is 52.5 Å². The molecule has 154 valence electrons. The predicted octanol–water partition coefficient (Wildman–Crippen LogP) is 3.14. The van der Waals surface area contributed by atoms with Crippen LogP contribution in [-0.2, 0) is 0 Å². The van der Waals surface area contributed by atoms with E-state index in [4.69, 9.17) is 9.47 Å². The summed E-state index contributed by atoms with van der Waals surface area (Å²) < 4.78 is 11.3. The Hall–Kier alpha value is -1.95. The van der Waals surface area contributed by atoms with E-state index in [0.717, 1.165) is 30.4 Å². The van der Waals surface area contributed by atoms with Gasteiger partial charge in [-0.15, -0.1) is 0 Å². The third-order valence-corrected chi connectivity index (χ3v) is 4.25. The fourth-order valence-corrected chi connectivity index (χ4v) is 2.73. The molecule has 0 spiro atoms. The van der Waals surface area contributed by atoms with Crippen molar-refractivity contribution in [3.05, 3.63) is 24.3 Å². The van der Waals surface area contributed by atoms with Crippen LogP contribution in [0.1, 0.15) is 39.0 Å². The summed E-state index contributed by atoms with van der Waals surface area (Å²) in [4.78, 5) is 6.52. The number of para-hydroxylation sites is 2. The number of nitrogens with zero attached hydrogens (tertiary/aromatic N) is 2. The maximum absolute atomic E-state index is 5.95. The van der Waals surface area contributed by atoms with E-state index in [1.165, 1.54) is 32.2 Å². The van der Waals surface area contributed by atoms with Crippen LogP contribution in [0.15, 0.2) is 29.3 Å². The molecule has 0 bridgehead atoms. The molecule has 0 saturated carbocycles. The number of benzene rings is 1. The van der Waals surface area contributed by atoms with Gasteiger partial charge in [0, 0.05) is 13.6 Å². The lowest BCUT2D eigenvalue weighted by Gasteiger charge is -2.19. The lowest BCUT2D eigenvalue weighted by Crippen LogP contribution is -2.42. The number of hydrogen-bond donors (Lipinski definition) is 2. The highest BCUT2D eigenvalue weighted by Gasteiger charge is 2.09. The van der Waals surface area contributed by atoms with Crippen LogP contribution in [0.3, 0.4) is 0 Å². The van der Waals surface area contributed by atoms with Gasteiger partial charge < -0.3 is 25.0 Å². The van der Waals surface area contributed by atoms with Crippen LogP contribution < -0.4 is 20.1 Å². The Morgan fingerprint density at radius 2 is 1.70 bits per heavy atom. The van der Waals surface area contributed by atoms with Crippen molar-refractivity contribution in [2.45, 2.75) is 45.1 Å². The second kappa shape index (κ2) is 14.2. The van der Waals surface area contributed by atoms with E-state index < -0.39 is 0 Å².